The van der Waals surface area contributed by atoms with Gasteiger partial charge in [-0.3, -0.25) is 9.36 Å². The van der Waals surface area contributed by atoms with Crippen molar-refractivity contribution >= 4 is 13.7 Å². The highest BCUT2D eigenvalue weighted by Gasteiger charge is 2.23. The maximum Gasteiger partial charge on any atom is 0.268 e. The molecule has 0 aromatic carbocycles. The van der Waals surface area contributed by atoms with Crippen LogP contribution < -0.4 is 10.2 Å². The van der Waals surface area contributed by atoms with Crippen molar-refractivity contribution in [2.45, 2.75) is 283 Å². The number of rotatable bonds is 62. The minimum absolute atomic E-state index is 0.0186. The summed E-state index contributed by atoms with van der Waals surface area (Å²) in [6.07, 6.45) is 102. The summed E-state index contributed by atoms with van der Waals surface area (Å²) in [7, 11) is 1.21. The molecule has 2 N–H and O–H groups in total. The predicted octanol–water partition coefficient (Wildman–Crippen LogP) is 21.9. The summed E-state index contributed by atoms with van der Waals surface area (Å²) in [5, 5.41) is 13.9. The molecule has 0 saturated heterocycles. The molecular weight excluding hydrogens is 1080 g/mol. The number of nitrogens with zero attached hydrogens (tertiary/aromatic N) is 1. The smallest absolute Gasteiger partial charge is 0.268 e. The van der Waals surface area contributed by atoms with Crippen LogP contribution in [0.5, 0.6) is 0 Å². The molecule has 0 aromatic heterocycles. The summed E-state index contributed by atoms with van der Waals surface area (Å²) in [6.45, 7) is 4.50. The summed E-state index contributed by atoms with van der Waals surface area (Å²) >= 11 is 0. The van der Waals surface area contributed by atoms with E-state index in [2.05, 4.69) is 165 Å². The molecule has 0 heterocycles. The Balaban J connectivity index is 4.22. The number of phosphoric ester groups is 1. The number of nitrogens with one attached hydrogen (secondary N) is 1. The molecule has 1 amide bonds. The lowest BCUT2D eigenvalue weighted by Gasteiger charge is -2.29. The van der Waals surface area contributed by atoms with E-state index in [9.17, 15) is 19.4 Å². The number of phosphoric acid groups is 1. The van der Waals surface area contributed by atoms with Gasteiger partial charge < -0.3 is 28.8 Å². The van der Waals surface area contributed by atoms with Crippen LogP contribution in [0.3, 0.4) is 0 Å². The molecule has 0 aliphatic rings. The zero-order chi connectivity index (χ0) is 62.6. The van der Waals surface area contributed by atoms with E-state index in [0.717, 1.165) is 122 Å². The van der Waals surface area contributed by atoms with E-state index in [1.165, 1.54) is 128 Å². The minimum Gasteiger partial charge on any atom is -0.756 e. The van der Waals surface area contributed by atoms with Gasteiger partial charge in [0.15, 0.2) is 0 Å². The Kier molecular flexibility index (Phi) is 62.6. The van der Waals surface area contributed by atoms with Crippen molar-refractivity contribution in [3.63, 3.8) is 0 Å². The highest BCUT2D eigenvalue weighted by molar-refractivity contribution is 7.45. The average Bonchev–Trinajstić information content (AvgIpc) is 3.70. The molecule has 3 unspecified atom stereocenters. The van der Waals surface area contributed by atoms with E-state index in [-0.39, 0.29) is 12.5 Å². The highest BCUT2D eigenvalue weighted by atomic mass is 31.2. The third kappa shape index (κ3) is 67.6. The molecule has 0 rings (SSSR count). The molecule has 86 heavy (non-hydrogen) atoms. The lowest BCUT2D eigenvalue weighted by atomic mass is 10.0. The van der Waals surface area contributed by atoms with E-state index in [1.54, 1.807) is 6.08 Å². The molecule has 3 atom stereocenters. The normalized spacial score (nSPS) is 14.6. The SMILES string of the molecule is CC/C=C\C/C=C\C/C=C\C/C=C\C/C=C\C/C=C\C/C=C\C/C=C\C/C=C\C/C=C\CCCCCCCCCCC(=O)NC(COP(=O)([O-])OCC[N+](C)(C)C)C(O)/C=C/CC/C=C/CC/C=C/CCCCCCCCCCCCCCCCC. The fourth-order valence-corrected chi connectivity index (χ4v) is 10.1. The molecule has 0 fully saturated rings. The number of allylic oxidation sites excluding steroid dienone is 25. The Bertz CT molecular complexity index is 1960. The first-order valence-electron chi connectivity index (χ1n) is 34.8. The fraction of sp³-hybridized carbons (Fsp3) is 0.649. The average molecular weight is 1210 g/mol. The zero-order valence-corrected chi connectivity index (χ0v) is 56.8. The first-order chi connectivity index (χ1) is 42.0. The van der Waals surface area contributed by atoms with Gasteiger partial charge in [0.1, 0.15) is 13.2 Å². The largest absolute Gasteiger partial charge is 0.756 e. The van der Waals surface area contributed by atoms with Crippen molar-refractivity contribution in [3.05, 3.63) is 158 Å². The number of aliphatic hydroxyl groups excluding tert-OH is 1. The first-order valence-corrected chi connectivity index (χ1v) is 36.3. The van der Waals surface area contributed by atoms with Crippen molar-refractivity contribution in [1.82, 2.24) is 5.32 Å². The number of carbonyl (C=O) groups excluding carboxylic acids is 1. The minimum atomic E-state index is -4.63. The Morgan fingerprint density at radius 1 is 0.419 bits per heavy atom. The van der Waals surface area contributed by atoms with Gasteiger partial charge in [-0.1, -0.05) is 300 Å². The monoisotopic (exact) mass is 1210 g/mol. The van der Waals surface area contributed by atoms with Gasteiger partial charge >= 0.3 is 0 Å². The number of carbonyl (C=O) groups is 1. The predicted molar refractivity (Wildman–Crippen MR) is 375 cm³/mol. The van der Waals surface area contributed by atoms with Crippen molar-refractivity contribution in [2.75, 3.05) is 40.9 Å². The fourth-order valence-electron chi connectivity index (χ4n) is 9.33. The summed E-state index contributed by atoms with van der Waals surface area (Å²) in [6, 6.07) is -0.928. The van der Waals surface area contributed by atoms with Crippen LogP contribution in [-0.4, -0.2) is 68.5 Å². The second-order valence-corrected chi connectivity index (χ2v) is 25.5. The van der Waals surface area contributed by atoms with E-state index in [4.69, 9.17) is 9.05 Å². The maximum atomic E-state index is 13.0. The van der Waals surface area contributed by atoms with Crippen molar-refractivity contribution < 1.29 is 32.9 Å². The van der Waals surface area contributed by atoms with E-state index in [0.29, 0.717) is 17.4 Å². The topological polar surface area (TPSA) is 108 Å². The summed E-state index contributed by atoms with van der Waals surface area (Å²) in [5.41, 5.74) is 0. The van der Waals surface area contributed by atoms with Crippen molar-refractivity contribution in [3.8, 4) is 0 Å². The molecule has 0 bridgehead atoms. The van der Waals surface area contributed by atoms with Gasteiger partial charge in [-0.25, -0.2) is 0 Å². The number of hydrogen-bond donors (Lipinski definition) is 2. The van der Waals surface area contributed by atoms with E-state index >= 15 is 0 Å². The molecule has 0 saturated carbocycles. The highest BCUT2D eigenvalue weighted by Crippen LogP contribution is 2.38. The van der Waals surface area contributed by atoms with E-state index < -0.39 is 26.6 Å². The number of hydrogen-bond acceptors (Lipinski definition) is 6. The van der Waals surface area contributed by atoms with Gasteiger partial charge in [-0.15, -0.1) is 0 Å². The van der Waals surface area contributed by atoms with Crippen LogP contribution in [0, 0.1) is 0 Å². The molecule has 9 heteroatoms. The third-order valence-electron chi connectivity index (χ3n) is 14.7. The van der Waals surface area contributed by atoms with Crippen LogP contribution in [0.1, 0.15) is 271 Å². The lowest BCUT2D eigenvalue weighted by molar-refractivity contribution is -0.870. The standard InChI is InChI=1S/C77H131N2O6P/c1-6-8-10-12-14-16-18-20-22-24-26-28-30-32-33-34-35-36-37-38-39-40-41-42-43-44-45-47-49-51-53-55-57-59-61-63-65-67-69-71-77(81)78-75(74-85-86(82,83)84-73-72-79(3,4)5)76(80)70-68-66-64-62-60-58-56-54-52-50-48-46-31-29-27-25-23-21-19-17-15-13-11-9-7-2/h8,10,14,16,20,22,26,28,32-33,35-36,38-39,41-42,44-45,49,51-52,54,60,62,68,70,75-76,80H,6-7,9,11-13,15,17-19,21,23-25,27,29-31,34,37,40,43,46-48,50,53,55-59,61,63-67,69,71-74H2,1-5H3,(H-,78,81,82,83)/b10-8-,16-14-,22-20-,28-26-,33-32-,36-35-,39-38-,42-41-,45-44-,51-49-,54-52+,62-60+,70-68+. The summed E-state index contributed by atoms with van der Waals surface area (Å²) < 4.78 is 23.4. The van der Waals surface area contributed by atoms with Gasteiger partial charge in [0.25, 0.3) is 7.82 Å². The number of unbranched alkanes of at least 4 members (excludes halogenated alkanes) is 25. The molecule has 0 spiro atoms. The number of aliphatic hydroxyl groups is 1. The number of likely N-dealkylation sites (N-methyl/N-ethyl adjacent to an activating group) is 1. The summed E-state index contributed by atoms with van der Waals surface area (Å²) in [4.78, 5) is 25.6. The molecule has 490 valence electrons. The van der Waals surface area contributed by atoms with Crippen LogP contribution >= 0.6 is 7.82 Å². The Labute approximate surface area is 531 Å². The van der Waals surface area contributed by atoms with Gasteiger partial charge in [-0.2, -0.15) is 0 Å². The van der Waals surface area contributed by atoms with Gasteiger partial charge in [0.05, 0.1) is 39.9 Å². The van der Waals surface area contributed by atoms with E-state index in [1.807, 2.05) is 27.2 Å². The van der Waals surface area contributed by atoms with Crippen LogP contribution in [0.25, 0.3) is 0 Å². The molecule has 0 aromatic rings. The second kappa shape index (κ2) is 65.6. The quantitative estimate of drug-likeness (QED) is 0.0272. The zero-order valence-electron chi connectivity index (χ0n) is 56.0. The van der Waals surface area contributed by atoms with Crippen LogP contribution in [0.15, 0.2) is 158 Å². The Morgan fingerprint density at radius 2 is 0.721 bits per heavy atom. The maximum absolute atomic E-state index is 13.0. The van der Waals surface area contributed by atoms with Gasteiger partial charge in [-0.05, 0) is 122 Å². The molecule has 0 aliphatic heterocycles. The number of amides is 1. The Morgan fingerprint density at radius 3 is 1.08 bits per heavy atom. The van der Waals surface area contributed by atoms with Gasteiger partial charge in [0, 0.05) is 6.42 Å². The molecular formula is C77H131N2O6P. The summed E-state index contributed by atoms with van der Waals surface area (Å²) in [5.74, 6) is -0.225. The van der Waals surface area contributed by atoms with Gasteiger partial charge in [0.2, 0.25) is 5.91 Å². The molecule has 0 radical (unpaired) electrons. The lowest BCUT2D eigenvalue weighted by Crippen LogP contribution is -2.45. The Hall–Kier alpha value is -3.88. The van der Waals surface area contributed by atoms with Crippen LogP contribution in [0.2, 0.25) is 0 Å². The van der Waals surface area contributed by atoms with Crippen molar-refractivity contribution in [1.29, 1.82) is 0 Å². The second-order valence-electron chi connectivity index (χ2n) is 24.1. The third-order valence-corrected chi connectivity index (χ3v) is 15.7. The molecule has 8 nitrogen and oxygen atoms in total. The van der Waals surface area contributed by atoms with Crippen LogP contribution in [0.4, 0.5) is 0 Å². The molecule has 0 aliphatic carbocycles. The number of quaternary nitrogens is 1. The van der Waals surface area contributed by atoms with Crippen molar-refractivity contribution in [2.24, 2.45) is 0 Å². The first kappa shape index (κ1) is 82.1. The van der Waals surface area contributed by atoms with Crippen LogP contribution in [-0.2, 0) is 18.4 Å².